The van der Waals surface area contributed by atoms with E-state index in [9.17, 15) is 19.2 Å². The van der Waals surface area contributed by atoms with Crippen molar-refractivity contribution < 1.29 is 33.2 Å². The van der Waals surface area contributed by atoms with Crippen LogP contribution in [0.5, 0.6) is 0 Å². The summed E-state index contributed by atoms with van der Waals surface area (Å²) in [6.07, 6.45) is 5.17. The number of likely N-dealkylation sites (tertiary alicyclic amines) is 1. The molecule has 3 aromatic carbocycles. The van der Waals surface area contributed by atoms with Crippen molar-refractivity contribution in [3.8, 4) is 27.3 Å². The van der Waals surface area contributed by atoms with Crippen molar-refractivity contribution in [1.82, 2.24) is 40.4 Å². The van der Waals surface area contributed by atoms with E-state index in [1.807, 2.05) is 94.9 Å². The molecular formula is C52H63N9O7S. The third kappa shape index (κ3) is 12.3. The lowest BCUT2D eigenvalue weighted by atomic mass is 9.85. The number of nitrogens with zero attached hydrogens (tertiary/aromatic N) is 7. The van der Waals surface area contributed by atoms with Crippen LogP contribution in [0.1, 0.15) is 94.6 Å². The summed E-state index contributed by atoms with van der Waals surface area (Å²) in [4.78, 5) is 63.1. The Bertz CT molecular complexity index is 2690. The maximum Gasteiger partial charge on any atom is 0.302 e. The number of carbonyl (C=O) groups is 4. The summed E-state index contributed by atoms with van der Waals surface area (Å²) in [7, 11) is 0. The molecule has 69 heavy (non-hydrogen) atoms. The number of aromatic nitrogens is 5. The van der Waals surface area contributed by atoms with Crippen LogP contribution in [0.3, 0.4) is 0 Å². The fraction of sp³-hybridized carbons (Fsp3) is 0.423. The number of rotatable bonds is 19. The molecule has 2 N–H and O–H groups in total. The largest absolute Gasteiger partial charge is 0.461 e. The van der Waals surface area contributed by atoms with Crippen LogP contribution < -0.4 is 15.5 Å². The Morgan fingerprint density at radius 1 is 0.899 bits per heavy atom. The third-order valence-corrected chi connectivity index (χ3v) is 13.5. The van der Waals surface area contributed by atoms with Gasteiger partial charge in [-0.3, -0.25) is 23.7 Å². The Kier molecular flexibility index (Phi) is 16.1. The fourth-order valence-electron chi connectivity index (χ4n) is 8.82. The normalized spacial score (nSPS) is 15.7. The SMILES string of the molecule is CC(=O)O[C@@H]1C[C@@H](C(=O)NC(C)c2ccc(-c3scnc3C)cc2)N(C(=O)C(NC(=O)COCCCCCN(c2ccc(-n3cnnc3)cc2)c2cc(-c3c(C)noc3C)ccc2C)C(C)(C)C)C1. The Balaban J connectivity index is 0.945. The number of nitrogens with one attached hydrogen (secondary N) is 2. The first-order chi connectivity index (χ1) is 33.0. The summed E-state index contributed by atoms with van der Waals surface area (Å²) >= 11 is 1.57. The molecule has 0 saturated carbocycles. The molecule has 3 aromatic heterocycles. The Labute approximate surface area is 407 Å². The second kappa shape index (κ2) is 22.1. The molecule has 1 saturated heterocycles. The highest BCUT2D eigenvalue weighted by Gasteiger charge is 2.46. The Hall–Kier alpha value is -6.72. The number of benzene rings is 3. The van der Waals surface area contributed by atoms with Gasteiger partial charge in [0.2, 0.25) is 17.7 Å². The highest BCUT2D eigenvalue weighted by atomic mass is 32.1. The van der Waals surface area contributed by atoms with E-state index in [-0.39, 0.29) is 31.5 Å². The van der Waals surface area contributed by atoms with Crippen LogP contribution >= 0.6 is 11.3 Å². The molecule has 17 heteroatoms. The summed E-state index contributed by atoms with van der Waals surface area (Å²) in [6.45, 7) is 17.6. The molecule has 364 valence electrons. The number of hydrogen-bond acceptors (Lipinski definition) is 13. The van der Waals surface area contributed by atoms with Crippen LogP contribution in [0.15, 0.2) is 89.4 Å². The molecule has 4 heterocycles. The lowest BCUT2D eigenvalue weighted by Crippen LogP contribution is -2.58. The first-order valence-electron chi connectivity index (χ1n) is 23.4. The molecule has 2 unspecified atom stereocenters. The van der Waals surface area contributed by atoms with Gasteiger partial charge in [0.15, 0.2) is 0 Å². The van der Waals surface area contributed by atoms with Gasteiger partial charge in [-0.25, -0.2) is 4.98 Å². The van der Waals surface area contributed by atoms with Crippen molar-refractivity contribution in [2.45, 2.75) is 112 Å². The van der Waals surface area contributed by atoms with E-state index in [2.05, 4.69) is 73.1 Å². The summed E-state index contributed by atoms with van der Waals surface area (Å²) in [5, 5.41) is 18.0. The van der Waals surface area contributed by atoms with Crippen LogP contribution in [0.4, 0.5) is 11.4 Å². The van der Waals surface area contributed by atoms with Gasteiger partial charge in [-0.05, 0) is 112 Å². The van der Waals surface area contributed by atoms with Crippen molar-refractivity contribution in [1.29, 1.82) is 0 Å². The van der Waals surface area contributed by atoms with E-state index in [1.165, 1.54) is 11.8 Å². The summed E-state index contributed by atoms with van der Waals surface area (Å²) in [5.74, 6) is -0.992. The highest BCUT2D eigenvalue weighted by Crippen LogP contribution is 2.36. The number of aryl methyl sites for hydroxylation is 4. The minimum Gasteiger partial charge on any atom is -0.461 e. The second-order valence-electron chi connectivity index (χ2n) is 18.8. The minimum atomic E-state index is -0.989. The molecule has 16 nitrogen and oxygen atoms in total. The summed E-state index contributed by atoms with van der Waals surface area (Å²) in [6, 6.07) is 20.4. The minimum absolute atomic E-state index is 0.0188. The molecule has 1 aliphatic rings. The Morgan fingerprint density at radius 2 is 1.61 bits per heavy atom. The quantitative estimate of drug-likeness (QED) is 0.0583. The number of esters is 1. The van der Waals surface area contributed by atoms with E-state index in [1.54, 1.807) is 24.0 Å². The molecule has 1 aliphatic heterocycles. The second-order valence-corrected chi connectivity index (χ2v) is 19.7. The lowest BCUT2D eigenvalue weighted by molar-refractivity contribution is -0.147. The number of carbonyl (C=O) groups excluding carboxylic acids is 4. The molecule has 3 amide bonds. The predicted molar refractivity (Wildman–Crippen MR) is 265 cm³/mol. The number of anilines is 2. The molecule has 0 aliphatic carbocycles. The van der Waals surface area contributed by atoms with Gasteiger partial charge in [-0.15, -0.1) is 21.5 Å². The number of unbranched alkanes of at least 4 members (excludes halogenated alkanes) is 2. The van der Waals surface area contributed by atoms with E-state index < -0.39 is 41.4 Å². The number of thiazole rings is 1. The van der Waals surface area contributed by atoms with Crippen molar-refractivity contribution in [2.75, 3.05) is 31.2 Å². The zero-order valence-corrected chi connectivity index (χ0v) is 41.8. The standard InChI is InChI=1S/C52H63N9O7S/c1-32-13-14-40(47-34(3)58-68-36(47)5)25-44(32)60(42-21-19-41(20-22-42)59-29-54-55-30-59)23-11-10-12-24-66-28-46(63)57-49(52(7,8)9)51(65)61-27-43(67-37(6)62)26-45(61)50(64)56-33(2)38-15-17-39(18-16-38)48-35(4)53-31-69-48/h13-22,25,29-31,33,43,45,49H,10-12,23-24,26-28H2,1-9H3,(H,56,64)(H,57,63)/t33?,43-,45+,49?/m1/s1. The van der Waals surface area contributed by atoms with Crippen molar-refractivity contribution >= 4 is 46.4 Å². The topological polar surface area (TPSA) is 187 Å². The molecule has 0 radical (unpaired) electrons. The van der Waals surface area contributed by atoms with Gasteiger partial charge in [0.1, 0.15) is 43.2 Å². The average Bonchev–Trinajstić information content (AvgIpc) is 4.15. The molecule has 1 fully saturated rings. The predicted octanol–water partition coefficient (Wildman–Crippen LogP) is 8.55. The molecule has 6 aromatic rings. The van der Waals surface area contributed by atoms with E-state index >= 15 is 0 Å². The number of ether oxygens (including phenoxy) is 2. The van der Waals surface area contributed by atoms with E-state index in [0.29, 0.717) is 13.0 Å². The van der Waals surface area contributed by atoms with Crippen LogP contribution in [-0.4, -0.2) is 98.0 Å². The van der Waals surface area contributed by atoms with Gasteiger partial charge in [0.25, 0.3) is 0 Å². The van der Waals surface area contributed by atoms with E-state index in [4.69, 9.17) is 14.0 Å². The fourth-order valence-corrected chi connectivity index (χ4v) is 9.63. The number of hydrogen-bond donors (Lipinski definition) is 2. The maximum atomic E-state index is 14.4. The number of amides is 3. The molecule has 4 atom stereocenters. The smallest absolute Gasteiger partial charge is 0.302 e. The Morgan fingerprint density at radius 3 is 2.25 bits per heavy atom. The molecule has 0 spiro atoms. The van der Waals surface area contributed by atoms with Crippen LogP contribution in [0.25, 0.3) is 27.3 Å². The molecule has 7 rings (SSSR count). The first kappa shape index (κ1) is 50.2. The third-order valence-electron chi connectivity index (χ3n) is 12.5. The van der Waals surface area contributed by atoms with Gasteiger partial charge in [-0.1, -0.05) is 62.3 Å². The van der Waals surface area contributed by atoms with Gasteiger partial charge in [0, 0.05) is 49.1 Å². The van der Waals surface area contributed by atoms with Gasteiger partial charge < -0.3 is 34.4 Å². The van der Waals surface area contributed by atoms with E-state index in [0.717, 1.165) is 86.3 Å². The van der Waals surface area contributed by atoms with Crippen LogP contribution in [0.2, 0.25) is 0 Å². The zero-order chi connectivity index (χ0) is 49.4. The maximum absolute atomic E-state index is 14.4. The monoisotopic (exact) mass is 957 g/mol. The molecular weight excluding hydrogens is 895 g/mol. The highest BCUT2D eigenvalue weighted by molar-refractivity contribution is 7.13. The average molecular weight is 958 g/mol. The zero-order valence-electron chi connectivity index (χ0n) is 40.9. The summed E-state index contributed by atoms with van der Waals surface area (Å²) in [5.41, 5.74) is 11.0. The van der Waals surface area contributed by atoms with Crippen molar-refractivity contribution in [2.24, 2.45) is 5.41 Å². The molecule has 0 bridgehead atoms. The van der Waals surface area contributed by atoms with Crippen molar-refractivity contribution in [3.63, 3.8) is 0 Å². The van der Waals surface area contributed by atoms with Gasteiger partial charge in [0.05, 0.1) is 34.4 Å². The van der Waals surface area contributed by atoms with Crippen LogP contribution in [0, 0.1) is 33.1 Å². The summed E-state index contributed by atoms with van der Waals surface area (Å²) < 4.78 is 18.8. The van der Waals surface area contributed by atoms with Crippen LogP contribution in [-0.2, 0) is 28.7 Å². The van der Waals surface area contributed by atoms with Gasteiger partial charge in [-0.2, -0.15) is 0 Å². The lowest BCUT2D eigenvalue weighted by Gasteiger charge is -2.35. The van der Waals surface area contributed by atoms with Gasteiger partial charge >= 0.3 is 5.97 Å². The first-order valence-corrected chi connectivity index (χ1v) is 24.3. The van der Waals surface area contributed by atoms with Crippen molar-refractivity contribution in [3.05, 3.63) is 113 Å².